The second kappa shape index (κ2) is 12.1. The Bertz CT molecular complexity index is 1220. The number of halogens is 6. The molecule has 1 aliphatic rings. The zero-order valence-electron chi connectivity index (χ0n) is 21.4. The quantitative estimate of drug-likeness (QED) is 0.517. The van der Waals surface area contributed by atoms with Gasteiger partial charge in [-0.25, -0.2) is 9.78 Å². The molecular weight excluding hydrogens is 532 g/mol. The molecule has 0 aliphatic carbocycles. The fraction of sp³-hybridized carbons (Fsp3) is 0.520. The van der Waals surface area contributed by atoms with Crippen molar-refractivity contribution >= 4 is 11.9 Å². The number of hydrogen-bond acceptors (Lipinski definition) is 4. The smallest absolute Gasteiger partial charge is 0.341 e. The number of piperidine rings is 1. The van der Waals surface area contributed by atoms with E-state index >= 15 is 0 Å². The molecule has 0 radical (unpaired) electrons. The SMILES string of the molecule is CN(C)C(=O)NC1CCN(C(=O)Cn2c(CCCC(F)(F)F)nc(-c3ccc(C(F)(F)F)cc3)cc2=O)CC1. The van der Waals surface area contributed by atoms with Crippen LogP contribution in [0.2, 0.25) is 0 Å². The minimum atomic E-state index is -4.56. The number of alkyl halides is 6. The Morgan fingerprint density at radius 1 is 1.05 bits per heavy atom. The summed E-state index contributed by atoms with van der Waals surface area (Å²) in [5.74, 6) is -0.501. The summed E-state index contributed by atoms with van der Waals surface area (Å²) in [7, 11) is 3.21. The number of rotatable bonds is 7. The Hall–Kier alpha value is -3.58. The average Bonchev–Trinajstić information content (AvgIpc) is 2.84. The van der Waals surface area contributed by atoms with Gasteiger partial charge < -0.3 is 15.1 Å². The number of aromatic nitrogens is 2. The van der Waals surface area contributed by atoms with Crippen molar-refractivity contribution in [3.63, 3.8) is 0 Å². The second-order valence-electron chi connectivity index (χ2n) is 9.52. The van der Waals surface area contributed by atoms with Crippen molar-refractivity contribution < 1.29 is 35.9 Å². The third-order valence-electron chi connectivity index (χ3n) is 6.33. The highest BCUT2D eigenvalue weighted by molar-refractivity contribution is 5.76. The van der Waals surface area contributed by atoms with Crippen LogP contribution in [0.3, 0.4) is 0 Å². The summed E-state index contributed by atoms with van der Waals surface area (Å²) in [6, 6.07) is 4.55. The van der Waals surface area contributed by atoms with Crippen LogP contribution < -0.4 is 10.9 Å². The lowest BCUT2D eigenvalue weighted by atomic mass is 10.1. The molecule has 0 bridgehead atoms. The molecule has 214 valence electrons. The zero-order chi connectivity index (χ0) is 29.0. The van der Waals surface area contributed by atoms with E-state index in [1.165, 1.54) is 9.80 Å². The third-order valence-corrected chi connectivity index (χ3v) is 6.33. The zero-order valence-corrected chi connectivity index (χ0v) is 21.4. The molecule has 1 saturated heterocycles. The van der Waals surface area contributed by atoms with Crippen molar-refractivity contribution in [1.82, 2.24) is 24.7 Å². The largest absolute Gasteiger partial charge is 0.416 e. The monoisotopic (exact) mass is 561 g/mol. The fourth-order valence-electron chi connectivity index (χ4n) is 4.15. The highest BCUT2D eigenvalue weighted by Gasteiger charge is 2.30. The standard InChI is InChI=1S/C25H29F6N5O3/c1-34(2)23(39)32-18-9-12-35(13-10-18)22(38)15-36-20(4-3-11-24(26,27)28)33-19(14-21(36)37)16-5-7-17(8-6-16)25(29,30)31/h5-8,14,18H,3-4,9-13,15H2,1-2H3,(H,32,39). The maximum atomic E-state index is 13.0. The van der Waals surface area contributed by atoms with Gasteiger partial charge in [-0.15, -0.1) is 0 Å². The number of amides is 3. The number of nitrogens with one attached hydrogen (secondary N) is 1. The lowest BCUT2D eigenvalue weighted by Crippen LogP contribution is -2.49. The van der Waals surface area contributed by atoms with Crippen LogP contribution in [0.4, 0.5) is 31.1 Å². The molecule has 1 aromatic carbocycles. The van der Waals surface area contributed by atoms with Gasteiger partial charge in [0.1, 0.15) is 12.4 Å². The van der Waals surface area contributed by atoms with Gasteiger partial charge in [0.15, 0.2) is 0 Å². The van der Waals surface area contributed by atoms with E-state index in [-0.39, 0.29) is 35.6 Å². The molecule has 14 heteroatoms. The van der Waals surface area contributed by atoms with E-state index in [1.54, 1.807) is 14.1 Å². The van der Waals surface area contributed by atoms with Gasteiger partial charge in [0.05, 0.1) is 11.3 Å². The molecule has 2 heterocycles. The predicted octanol–water partition coefficient (Wildman–Crippen LogP) is 4.08. The topological polar surface area (TPSA) is 87.5 Å². The molecule has 39 heavy (non-hydrogen) atoms. The van der Waals surface area contributed by atoms with Crippen molar-refractivity contribution in [1.29, 1.82) is 0 Å². The Morgan fingerprint density at radius 3 is 2.21 bits per heavy atom. The van der Waals surface area contributed by atoms with Crippen molar-refractivity contribution in [2.24, 2.45) is 0 Å². The number of carbonyl (C=O) groups is 2. The molecule has 1 fully saturated rings. The maximum Gasteiger partial charge on any atom is 0.416 e. The fourth-order valence-corrected chi connectivity index (χ4v) is 4.15. The van der Waals surface area contributed by atoms with Crippen LogP contribution in [0, 0.1) is 0 Å². The Labute approximate surface area is 220 Å². The summed E-state index contributed by atoms with van der Waals surface area (Å²) < 4.78 is 78.0. The number of carbonyl (C=O) groups excluding carboxylic acids is 2. The first-order valence-corrected chi connectivity index (χ1v) is 12.2. The van der Waals surface area contributed by atoms with E-state index < -0.39 is 48.8 Å². The molecule has 3 rings (SSSR count). The first-order valence-electron chi connectivity index (χ1n) is 12.2. The highest BCUT2D eigenvalue weighted by Crippen LogP contribution is 2.30. The molecule has 2 aromatic rings. The lowest BCUT2D eigenvalue weighted by Gasteiger charge is -2.33. The van der Waals surface area contributed by atoms with Crippen LogP contribution >= 0.6 is 0 Å². The molecule has 8 nitrogen and oxygen atoms in total. The number of aryl methyl sites for hydroxylation is 1. The molecule has 3 amide bonds. The number of hydrogen-bond donors (Lipinski definition) is 1. The summed E-state index contributed by atoms with van der Waals surface area (Å²) in [6.07, 6.45) is -9.81. The molecule has 0 saturated carbocycles. The van der Waals surface area contributed by atoms with E-state index in [0.717, 1.165) is 34.9 Å². The van der Waals surface area contributed by atoms with Crippen molar-refractivity contribution in [3.05, 3.63) is 52.1 Å². The summed E-state index contributed by atoms with van der Waals surface area (Å²) in [4.78, 5) is 45.0. The maximum absolute atomic E-state index is 13.0. The highest BCUT2D eigenvalue weighted by atomic mass is 19.4. The van der Waals surface area contributed by atoms with E-state index in [9.17, 15) is 40.7 Å². The van der Waals surface area contributed by atoms with Crippen LogP contribution in [-0.4, -0.2) is 70.7 Å². The van der Waals surface area contributed by atoms with Gasteiger partial charge in [0, 0.05) is 57.7 Å². The third kappa shape index (κ3) is 8.45. The first kappa shape index (κ1) is 30.0. The molecule has 1 aliphatic heterocycles. The molecular formula is C25H29F6N5O3. The van der Waals surface area contributed by atoms with E-state index in [4.69, 9.17) is 0 Å². The van der Waals surface area contributed by atoms with Crippen LogP contribution in [-0.2, 0) is 23.9 Å². The summed E-state index contributed by atoms with van der Waals surface area (Å²) in [5, 5.41) is 2.84. The van der Waals surface area contributed by atoms with Gasteiger partial charge >= 0.3 is 18.4 Å². The molecule has 0 unspecified atom stereocenters. The van der Waals surface area contributed by atoms with E-state index in [1.807, 2.05) is 0 Å². The Balaban J connectivity index is 1.80. The molecule has 0 spiro atoms. The van der Waals surface area contributed by atoms with Crippen LogP contribution in [0.1, 0.15) is 37.1 Å². The lowest BCUT2D eigenvalue weighted by molar-refractivity contribution is -0.137. The van der Waals surface area contributed by atoms with Gasteiger partial charge in [0.2, 0.25) is 5.91 Å². The van der Waals surface area contributed by atoms with Gasteiger partial charge in [-0.1, -0.05) is 12.1 Å². The molecule has 0 atom stereocenters. The predicted molar refractivity (Wildman–Crippen MR) is 130 cm³/mol. The molecule has 1 aromatic heterocycles. The van der Waals surface area contributed by atoms with Crippen LogP contribution in [0.15, 0.2) is 35.1 Å². The van der Waals surface area contributed by atoms with Gasteiger partial charge in [-0.05, 0) is 31.4 Å². The van der Waals surface area contributed by atoms with Crippen LogP contribution in [0.5, 0.6) is 0 Å². The minimum Gasteiger partial charge on any atom is -0.341 e. The Morgan fingerprint density at radius 2 is 1.67 bits per heavy atom. The molecule has 1 N–H and O–H groups in total. The number of benzene rings is 1. The van der Waals surface area contributed by atoms with Crippen molar-refractivity contribution in [2.45, 2.75) is 57.0 Å². The van der Waals surface area contributed by atoms with E-state index in [2.05, 4.69) is 10.3 Å². The number of urea groups is 1. The van der Waals surface area contributed by atoms with Crippen molar-refractivity contribution in [3.8, 4) is 11.3 Å². The Kier molecular flexibility index (Phi) is 9.28. The normalized spacial score (nSPS) is 14.8. The van der Waals surface area contributed by atoms with Gasteiger partial charge in [0.25, 0.3) is 5.56 Å². The second-order valence-corrected chi connectivity index (χ2v) is 9.52. The van der Waals surface area contributed by atoms with Gasteiger partial charge in [-0.3, -0.25) is 14.2 Å². The minimum absolute atomic E-state index is 0.00289. The average molecular weight is 562 g/mol. The first-order chi connectivity index (χ1) is 18.1. The summed E-state index contributed by atoms with van der Waals surface area (Å²) >= 11 is 0. The van der Waals surface area contributed by atoms with Crippen molar-refractivity contribution in [2.75, 3.05) is 27.2 Å². The van der Waals surface area contributed by atoms with Crippen LogP contribution in [0.25, 0.3) is 11.3 Å². The number of likely N-dealkylation sites (tertiary alicyclic amines) is 1. The summed E-state index contributed by atoms with van der Waals surface area (Å²) in [5.41, 5.74) is -1.43. The summed E-state index contributed by atoms with van der Waals surface area (Å²) in [6.45, 7) is 0.175. The number of nitrogens with zero attached hydrogens (tertiary/aromatic N) is 4. The van der Waals surface area contributed by atoms with Gasteiger partial charge in [-0.2, -0.15) is 26.3 Å². The van der Waals surface area contributed by atoms with E-state index in [0.29, 0.717) is 25.9 Å².